The zero-order valence-corrected chi connectivity index (χ0v) is 12.6. The molecule has 0 aliphatic heterocycles. The molecule has 0 aromatic carbocycles. The highest BCUT2D eigenvalue weighted by atomic mass is 79.9. The first-order valence-corrected chi connectivity index (χ1v) is 6.21. The Bertz CT molecular complexity index is 525. The van der Waals surface area contributed by atoms with Crippen LogP contribution >= 0.6 is 15.9 Å². The van der Waals surface area contributed by atoms with Gasteiger partial charge in [-0.05, 0) is 43.6 Å². The summed E-state index contributed by atoms with van der Waals surface area (Å²) in [4.78, 5) is 25.8. The molecule has 0 aliphatic rings. The molecule has 1 amide bonds. The molecule has 0 radical (unpaired) electrons. The van der Waals surface area contributed by atoms with E-state index in [1.807, 2.05) is 0 Å². The van der Waals surface area contributed by atoms with Crippen molar-refractivity contribution in [1.82, 2.24) is 4.98 Å². The fourth-order valence-corrected chi connectivity index (χ4v) is 1.51. The molecule has 0 unspecified atom stereocenters. The van der Waals surface area contributed by atoms with Crippen molar-refractivity contribution >= 4 is 33.5 Å². The third kappa shape index (κ3) is 4.47. The Labute approximate surface area is 118 Å². The fourth-order valence-electron chi connectivity index (χ4n) is 1.20. The second-order valence-electron chi connectivity index (χ2n) is 4.81. The largest absolute Gasteiger partial charge is 0.444 e. The molecule has 1 heterocycles. The molecular weight excluding hydrogens is 318 g/mol. The average Bonchev–Trinajstić information content (AvgIpc) is 2.19. The molecule has 8 heteroatoms. The third-order valence-electron chi connectivity index (χ3n) is 1.95. The van der Waals surface area contributed by atoms with Gasteiger partial charge in [0.1, 0.15) is 5.60 Å². The number of pyridine rings is 1. The summed E-state index contributed by atoms with van der Waals surface area (Å²) in [6, 6.07) is 1.29. The molecule has 0 atom stereocenters. The Morgan fingerprint density at radius 2 is 2.11 bits per heavy atom. The van der Waals surface area contributed by atoms with E-state index in [0.717, 1.165) is 0 Å². The molecule has 1 rings (SSSR count). The zero-order chi connectivity index (χ0) is 14.8. The van der Waals surface area contributed by atoms with E-state index in [0.29, 0.717) is 10.2 Å². The minimum absolute atomic E-state index is 0.139. The van der Waals surface area contributed by atoms with Crippen LogP contribution in [0.25, 0.3) is 0 Å². The quantitative estimate of drug-likeness (QED) is 0.661. The number of ether oxygens (including phenoxy) is 1. The molecule has 0 saturated carbocycles. The first-order chi connectivity index (χ1) is 8.60. The van der Waals surface area contributed by atoms with Gasteiger partial charge in [-0.1, -0.05) is 0 Å². The molecule has 19 heavy (non-hydrogen) atoms. The number of halogens is 1. The van der Waals surface area contributed by atoms with Crippen LogP contribution in [-0.2, 0) is 4.74 Å². The number of nitrogens with one attached hydrogen (secondary N) is 1. The fraction of sp³-hybridized carbons (Fsp3) is 0.455. The summed E-state index contributed by atoms with van der Waals surface area (Å²) in [6.45, 7) is 6.75. The monoisotopic (exact) mass is 331 g/mol. The molecule has 0 saturated heterocycles. The molecule has 7 nitrogen and oxygen atoms in total. The molecule has 1 aromatic heterocycles. The van der Waals surface area contributed by atoms with Gasteiger partial charge in [-0.25, -0.2) is 9.78 Å². The van der Waals surface area contributed by atoms with Crippen molar-refractivity contribution in [3.63, 3.8) is 0 Å². The van der Waals surface area contributed by atoms with E-state index in [4.69, 9.17) is 4.74 Å². The number of carbonyl (C=O) groups excluding carboxylic acids is 1. The van der Waals surface area contributed by atoms with Gasteiger partial charge in [0.15, 0.2) is 0 Å². The highest BCUT2D eigenvalue weighted by Gasteiger charge is 2.22. The van der Waals surface area contributed by atoms with Crippen LogP contribution in [0.5, 0.6) is 0 Å². The lowest BCUT2D eigenvalue weighted by molar-refractivity contribution is -0.384. The highest BCUT2D eigenvalue weighted by Crippen LogP contribution is 2.28. The minimum Gasteiger partial charge on any atom is -0.444 e. The van der Waals surface area contributed by atoms with Crippen LogP contribution in [0.15, 0.2) is 10.5 Å². The Balaban J connectivity index is 3.03. The summed E-state index contributed by atoms with van der Waals surface area (Å²) in [5.74, 6) is -0.139. The van der Waals surface area contributed by atoms with Crippen LogP contribution in [0, 0.1) is 17.0 Å². The van der Waals surface area contributed by atoms with E-state index in [2.05, 4.69) is 26.2 Å². The Hall–Kier alpha value is -1.70. The molecular formula is C11H14BrN3O4. The van der Waals surface area contributed by atoms with Crippen molar-refractivity contribution in [3.05, 3.63) is 26.3 Å². The van der Waals surface area contributed by atoms with Crippen LogP contribution in [0.2, 0.25) is 0 Å². The zero-order valence-electron chi connectivity index (χ0n) is 11.0. The summed E-state index contributed by atoms with van der Waals surface area (Å²) < 4.78 is 5.52. The molecule has 1 aromatic rings. The highest BCUT2D eigenvalue weighted by molar-refractivity contribution is 9.10. The summed E-state index contributed by atoms with van der Waals surface area (Å²) in [7, 11) is 0. The second-order valence-corrected chi connectivity index (χ2v) is 5.66. The lowest BCUT2D eigenvalue weighted by Crippen LogP contribution is -2.27. The predicted octanol–water partition coefficient (Wildman–Crippen LogP) is 3.41. The van der Waals surface area contributed by atoms with Crippen LogP contribution in [0.4, 0.5) is 16.3 Å². The number of nitro groups is 1. The van der Waals surface area contributed by atoms with E-state index in [9.17, 15) is 14.9 Å². The SMILES string of the molecule is Cc1nc(NC(=O)OC(C)(C)C)c([N+](=O)[O-])cc1Br. The average molecular weight is 332 g/mol. The first-order valence-electron chi connectivity index (χ1n) is 5.41. The van der Waals surface area contributed by atoms with E-state index in [-0.39, 0.29) is 11.5 Å². The number of amides is 1. The van der Waals surface area contributed by atoms with Crippen molar-refractivity contribution in [2.75, 3.05) is 5.32 Å². The minimum atomic E-state index is -0.787. The first kappa shape index (κ1) is 15.4. The number of anilines is 1. The topological polar surface area (TPSA) is 94.4 Å². The molecule has 0 spiro atoms. The van der Waals surface area contributed by atoms with Crippen LogP contribution < -0.4 is 5.32 Å². The van der Waals surface area contributed by atoms with Gasteiger partial charge in [0.25, 0.3) is 0 Å². The molecule has 0 aliphatic carbocycles. The summed E-state index contributed by atoms with van der Waals surface area (Å²) >= 11 is 3.15. The maximum Gasteiger partial charge on any atom is 0.413 e. The van der Waals surface area contributed by atoms with Gasteiger partial charge in [0.05, 0.1) is 10.6 Å². The maximum absolute atomic E-state index is 11.6. The number of rotatable bonds is 2. The van der Waals surface area contributed by atoms with Gasteiger partial charge in [-0.3, -0.25) is 15.4 Å². The summed E-state index contributed by atoms with van der Waals surface area (Å²) in [6.07, 6.45) is -0.787. The van der Waals surface area contributed by atoms with E-state index < -0.39 is 16.6 Å². The Morgan fingerprint density at radius 3 is 2.58 bits per heavy atom. The van der Waals surface area contributed by atoms with Gasteiger partial charge >= 0.3 is 11.8 Å². The third-order valence-corrected chi connectivity index (χ3v) is 2.75. The number of hydrogen-bond acceptors (Lipinski definition) is 5. The van der Waals surface area contributed by atoms with Crippen LogP contribution in [-0.4, -0.2) is 21.6 Å². The number of carbonyl (C=O) groups is 1. The van der Waals surface area contributed by atoms with Crippen LogP contribution in [0.1, 0.15) is 26.5 Å². The van der Waals surface area contributed by atoms with Crippen molar-refractivity contribution in [1.29, 1.82) is 0 Å². The van der Waals surface area contributed by atoms with Gasteiger partial charge in [-0.2, -0.15) is 0 Å². The van der Waals surface area contributed by atoms with Crippen molar-refractivity contribution in [2.45, 2.75) is 33.3 Å². The lowest BCUT2D eigenvalue weighted by atomic mass is 10.2. The molecule has 104 valence electrons. The number of hydrogen-bond donors (Lipinski definition) is 1. The van der Waals surface area contributed by atoms with E-state index in [1.165, 1.54) is 6.07 Å². The maximum atomic E-state index is 11.6. The van der Waals surface area contributed by atoms with Gasteiger partial charge in [0.2, 0.25) is 5.82 Å². The predicted molar refractivity (Wildman–Crippen MR) is 73.2 cm³/mol. The Morgan fingerprint density at radius 1 is 1.53 bits per heavy atom. The van der Waals surface area contributed by atoms with Gasteiger partial charge < -0.3 is 4.74 Å². The van der Waals surface area contributed by atoms with Crippen molar-refractivity contribution in [3.8, 4) is 0 Å². The standard InChI is InChI=1S/C11H14BrN3O4/c1-6-7(12)5-8(15(17)18)9(13-6)14-10(16)19-11(2,3)4/h5H,1-4H3,(H,13,14,16). The summed E-state index contributed by atoms with van der Waals surface area (Å²) in [5, 5.41) is 13.2. The van der Waals surface area contributed by atoms with Gasteiger partial charge in [0, 0.05) is 10.5 Å². The Kier molecular flexibility index (Phi) is 4.46. The van der Waals surface area contributed by atoms with Gasteiger partial charge in [-0.15, -0.1) is 0 Å². The molecule has 0 fully saturated rings. The number of aromatic nitrogens is 1. The van der Waals surface area contributed by atoms with Crippen molar-refractivity contribution in [2.24, 2.45) is 0 Å². The summed E-state index contributed by atoms with van der Waals surface area (Å²) in [5.41, 5.74) is -0.469. The smallest absolute Gasteiger partial charge is 0.413 e. The van der Waals surface area contributed by atoms with Crippen molar-refractivity contribution < 1.29 is 14.5 Å². The second kappa shape index (κ2) is 5.52. The molecule has 1 N–H and O–H groups in total. The molecule has 0 bridgehead atoms. The van der Waals surface area contributed by atoms with E-state index in [1.54, 1.807) is 27.7 Å². The number of aryl methyl sites for hydroxylation is 1. The number of nitrogens with zero attached hydrogens (tertiary/aromatic N) is 2. The normalized spacial score (nSPS) is 11.0. The van der Waals surface area contributed by atoms with Crippen LogP contribution in [0.3, 0.4) is 0 Å². The lowest BCUT2D eigenvalue weighted by Gasteiger charge is -2.19. The van der Waals surface area contributed by atoms with E-state index >= 15 is 0 Å².